The molecule has 0 bridgehead atoms. The maximum Gasteiger partial charge on any atom is 0.0986 e. The van der Waals surface area contributed by atoms with Crippen molar-refractivity contribution in [3.05, 3.63) is 35.9 Å². The molecule has 3 unspecified atom stereocenters. The van der Waals surface area contributed by atoms with Crippen LogP contribution in [0.5, 0.6) is 0 Å². The van der Waals surface area contributed by atoms with Gasteiger partial charge in [-0.05, 0) is 25.3 Å². The van der Waals surface area contributed by atoms with Crippen molar-refractivity contribution in [2.75, 3.05) is 20.3 Å². The van der Waals surface area contributed by atoms with Crippen LogP contribution < -0.4 is 5.32 Å². The SMILES string of the molecule is CCOC1CC(N[C@H](CO)Cc2ccccc2)C1OC. The van der Waals surface area contributed by atoms with E-state index in [9.17, 15) is 5.11 Å². The van der Waals surface area contributed by atoms with Gasteiger partial charge in [0.2, 0.25) is 0 Å². The second-order valence-corrected chi connectivity index (χ2v) is 5.27. The molecule has 0 aromatic heterocycles. The lowest BCUT2D eigenvalue weighted by molar-refractivity contribution is -0.133. The highest BCUT2D eigenvalue weighted by atomic mass is 16.5. The molecule has 1 aromatic rings. The minimum absolute atomic E-state index is 0.0580. The monoisotopic (exact) mass is 279 g/mol. The van der Waals surface area contributed by atoms with Crippen molar-refractivity contribution in [2.24, 2.45) is 0 Å². The molecule has 1 aromatic carbocycles. The predicted molar refractivity (Wildman–Crippen MR) is 78.8 cm³/mol. The topological polar surface area (TPSA) is 50.7 Å². The Morgan fingerprint density at radius 1 is 1.35 bits per heavy atom. The van der Waals surface area contributed by atoms with Gasteiger partial charge in [0.25, 0.3) is 0 Å². The van der Waals surface area contributed by atoms with Crippen molar-refractivity contribution in [3.63, 3.8) is 0 Å². The fraction of sp³-hybridized carbons (Fsp3) is 0.625. The summed E-state index contributed by atoms with van der Waals surface area (Å²) in [6, 6.07) is 10.5. The minimum Gasteiger partial charge on any atom is -0.395 e. The van der Waals surface area contributed by atoms with E-state index in [4.69, 9.17) is 9.47 Å². The Hall–Kier alpha value is -0.940. The number of aliphatic hydroxyl groups excluding tert-OH is 1. The van der Waals surface area contributed by atoms with Crippen LogP contribution in [0.4, 0.5) is 0 Å². The third-order valence-electron chi connectivity index (χ3n) is 3.90. The quantitative estimate of drug-likeness (QED) is 0.755. The highest BCUT2D eigenvalue weighted by Crippen LogP contribution is 2.27. The van der Waals surface area contributed by atoms with Crippen LogP contribution in [0, 0.1) is 0 Å². The largest absolute Gasteiger partial charge is 0.395 e. The minimum atomic E-state index is 0.0580. The lowest BCUT2D eigenvalue weighted by atomic mass is 9.84. The average molecular weight is 279 g/mol. The molecule has 4 atom stereocenters. The van der Waals surface area contributed by atoms with Gasteiger partial charge in [-0.2, -0.15) is 0 Å². The van der Waals surface area contributed by atoms with Gasteiger partial charge in [-0.3, -0.25) is 0 Å². The smallest absolute Gasteiger partial charge is 0.0986 e. The van der Waals surface area contributed by atoms with Crippen molar-refractivity contribution >= 4 is 0 Å². The van der Waals surface area contributed by atoms with E-state index in [0.29, 0.717) is 6.61 Å². The van der Waals surface area contributed by atoms with Gasteiger partial charge in [0.15, 0.2) is 0 Å². The summed E-state index contributed by atoms with van der Waals surface area (Å²) in [6.07, 6.45) is 2.03. The van der Waals surface area contributed by atoms with Gasteiger partial charge in [0, 0.05) is 25.8 Å². The lowest BCUT2D eigenvalue weighted by Gasteiger charge is -2.44. The summed E-state index contributed by atoms with van der Waals surface area (Å²) in [7, 11) is 1.72. The third-order valence-corrected chi connectivity index (χ3v) is 3.90. The third kappa shape index (κ3) is 3.79. The maximum absolute atomic E-state index is 9.55. The number of aliphatic hydroxyl groups is 1. The van der Waals surface area contributed by atoms with Crippen LogP contribution in [0.3, 0.4) is 0 Å². The van der Waals surface area contributed by atoms with Crippen LogP contribution in [-0.4, -0.2) is 49.7 Å². The van der Waals surface area contributed by atoms with Crippen molar-refractivity contribution in [2.45, 2.75) is 44.1 Å². The van der Waals surface area contributed by atoms with E-state index >= 15 is 0 Å². The molecule has 1 aliphatic carbocycles. The molecule has 20 heavy (non-hydrogen) atoms. The number of hydrogen-bond donors (Lipinski definition) is 2. The summed E-state index contributed by atoms with van der Waals surface area (Å²) in [5.41, 5.74) is 1.23. The van der Waals surface area contributed by atoms with Gasteiger partial charge >= 0.3 is 0 Å². The first-order valence-corrected chi connectivity index (χ1v) is 7.33. The predicted octanol–water partition coefficient (Wildman–Crippen LogP) is 1.37. The Morgan fingerprint density at radius 3 is 2.70 bits per heavy atom. The molecular formula is C16H25NO3. The molecule has 1 fully saturated rings. The molecule has 0 saturated heterocycles. The number of ether oxygens (including phenoxy) is 2. The number of rotatable bonds is 8. The van der Waals surface area contributed by atoms with Crippen LogP contribution in [-0.2, 0) is 15.9 Å². The second kappa shape index (κ2) is 7.74. The van der Waals surface area contributed by atoms with Crippen LogP contribution >= 0.6 is 0 Å². The van der Waals surface area contributed by atoms with Crippen molar-refractivity contribution in [3.8, 4) is 0 Å². The second-order valence-electron chi connectivity index (χ2n) is 5.27. The molecule has 2 rings (SSSR count). The molecule has 2 N–H and O–H groups in total. The average Bonchev–Trinajstić information content (AvgIpc) is 2.46. The first kappa shape index (κ1) is 15.4. The van der Waals surface area contributed by atoms with Crippen LogP contribution in [0.2, 0.25) is 0 Å². The van der Waals surface area contributed by atoms with Crippen LogP contribution in [0.15, 0.2) is 30.3 Å². The number of hydrogen-bond acceptors (Lipinski definition) is 4. The van der Waals surface area contributed by atoms with Crippen molar-refractivity contribution in [1.29, 1.82) is 0 Å². The molecule has 1 saturated carbocycles. The van der Waals surface area contributed by atoms with E-state index in [1.54, 1.807) is 7.11 Å². The molecule has 0 spiro atoms. The fourth-order valence-corrected chi connectivity index (χ4v) is 2.82. The standard InChI is InChI=1S/C16H25NO3/c1-3-20-15-10-14(16(15)19-2)17-13(11-18)9-12-7-5-4-6-8-12/h4-8,13-18H,3,9-11H2,1-2H3/t13-,14?,15?,16?/m0/s1. The number of methoxy groups -OCH3 is 1. The zero-order chi connectivity index (χ0) is 14.4. The van der Waals surface area contributed by atoms with Gasteiger partial charge in [0.1, 0.15) is 0 Å². The fourth-order valence-electron chi connectivity index (χ4n) is 2.82. The summed E-state index contributed by atoms with van der Waals surface area (Å²) >= 11 is 0. The Bertz CT molecular complexity index is 385. The van der Waals surface area contributed by atoms with Crippen molar-refractivity contribution < 1.29 is 14.6 Å². The summed E-state index contributed by atoms with van der Waals surface area (Å²) in [5.74, 6) is 0. The number of nitrogens with one attached hydrogen (secondary N) is 1. The summed E-state index contributed by atoms with van der Waals surface area (Å²) in [4.78, 5) is 0. The molecule has 112 valence electrons. The number of benzene rings is 1. The molecule has 0 radical (unpaired) electrons. The summed E-state index contributed by atoms with van der Waals surface area (Å²) in [5, 5.41) is 13.0. The Kier molecular flexibility index (Phi) is 5.98. The van der Waals surface area contributed by atoms with E-state index < -0.39 is 0 Å². The zero-order valence-corrected chi connectivity index (χ0v) is 12.3. The summed E-state index contributed by atoms with van der Waals surface area (Å²) < 4.78 is 11.1. The van der Waals surface area contributed by atoms with E-state index in [-0.39, 0.29) is 30.9 Å². The molecule has 1 aliphatic rings. The van der Waals surface area contributed by atoms with Gasteiger partial charge in [-0.25, -0.2) is 0 Å². The van der Waals surface area contributed by atoms with E-state index in [1.807, 2.05) is 25.1 Å². The maximum atomic E-state index is 9.55. The highest BCUT2D eigenvalue weighted by Gasteiger charge is 2.42. The van der Waals surface area contributed by atoms with Gasteiger partial charge < -0.3 is 19.9 Å². The first-order chi connectivity index (χ1) is 9.78. The molecular weight excluding hydrogens is 254 g/mol. The normalized spacial score (nSPS) is 27.1. The molecule has 0 heterocycles. The highest BCUT2D eigenvalue weighted by molar-refractivity contribution is 5.16. The summed E-state index contributed by atoms with van der Waals surface area (Å²) in [6.45, 7) is 2.84. The van der Waals surface area contributed by atoms with Crippen LogP contribution in [0.25, 0.3) is 0 Å². The molecule has 0 aliphatic heterocycles. The first-order valence-electron chi connectivity index (χ1n) is 7.33. The van der Waals surface area contributed by atoms with Gasteiger partial charge in [-0.15, -0.1) is 0 Å². The van der Waals surface area contributed by atoms with Gasteiger partial charge in [0.05, 0.1) is 18.8 Å². The van der Waals surface area contributed by atoms with E-state index in [2.05, 4.69) is 17.4 Å². The van der Waals surface area contributed by atoms with Crippen LogP contribution in [0.1, 0.15) is 18.9 Å². The Labute approximate surface area is 121 Å². The van der Waals surface area contributed by atoms with E-state index in [1.165, 1.54) is 5.56 Å². The molecule has 0 amide bonds. The van der Waals surface area contributed by atoms with Gasteiger partial charge in [-0.1, -0.05) is 30.3 Å². The lowest BCUT2D eigenvalue weighted by Crippen LogP contribution is -2.62. The molecule has 4 heteroatoms. The zero-order valence-electron chi connectivity index (χ0n) is 12.3. The Morgan fingerprint density at radius 2 is 2.10 bits per heavy atom. The molecule has 4 nitrogen and oxygen atoms in total. The Balaban J connectivity index is 1.85. The van der Waals surface area contributed by atoms with Crippen molar-refractivity contribution in [1.82, 2.24) is 5.32 Å². The van der Waals surface area contributed by atoms with E-state index in [0.717, 1.165) is 12.8 Å².